The number of ether oxygens (including phenoxy) is 1. The van der Waals surface area contributed by atoms with Gasteiger partial charge in [-0.1, -0.05) is 0 Å². The first-order valence-electron chi connectivity index (χ1n) is 7.04. The second-order valence-electron chi connectivity index (χ2n) is 6.14. The maximum Gasteiger partial charge on any atom is 0.407 e. The van der Waals surface area contributed by atoms with Crippen molar-refractivity contribution < 1.29 is 19.4 Å². The number of aromatic nitrogens is 2. The van der Waals surface area contributed by atoms with E-state index in [-0.39, 0.29) is 11.7 Å². The molecule has 22 heavy (non-hydrogen) atoms. The SMILES string of the molecule is CC(C)(C)OC(=O)N[C@@H]1CCN(c2cc(C(=O)O)ncn2)C1. The van der Waals surface area contributed by atoms with Crippen molar-refractivity contribution in [3.8, 4) is 0 Å². The van der Waals surface area contributed by atoms with Gasteiger partial charge in [0, 0.05) is 19.2 Å². The molecule has 0 unspecified atom stereocenters. The van der Waals surface area contributed by atoms with Crippen molar-refractivity contribution in [2.45, 2.75) is 38.8 Å². The lowest BCUT2D eigenvalue weighted by Gasteiger charge is -2.22. The van der Waals surface area contributed by atoms with Crippen LogP contribution in [0.5, 0.6) is 0 Å². The Kier molecular flexibility index (Phi) is 4.48. The number of hydrogen-bond acceptors (Lipinski definition) is 6. The van der Waals surface area contributed by atoms with Crippen molar-refractivity contribution >= 4 is 17.9 Å². The second-order valence-corrected chi connectivity index (χ2v) is 6.14. The standard InChI is InChI=1S/C14H20N4O4/c1-14(2,3)22-13(21)17-9-4-5-18(7-9)11-6-10(12(19)20)15-8-16-11/h6,8-9H,4-5,7H2,1-3H3,(H,17,21)(H,19,20)/t9-/m1/s1. The molecule has 2 rings (SSSR count). The number of carboxylic acids is 1. The van der Waals surface area contributed by atoms with Gasteiger partial charge >= 0.3 is 12.1 Å². The molecule has 0 aromatic carbocycles. The van der Waals surface area contributed by atoms with E-state index in [0.717, 1.165) is 6.42 Å². The molecule has 1 aromatic rings. The molecule has 1 aliphatic rings. The fourth-order valence-electron chi connectivity index (χ4n) is 2.20. The van der Waals surface area contributed by atoms with Crippen LogP contribution in [0.2, 0.25) is 0 Å². The molecule has 1 saturated heterocycles. The Morgan fingerprint density at radius 2 is 2.14 bits per heavy atom. The van der Waals surface area contributed by atoms with Crippen LogP contribution in [-0.2, 0) is 4.74 Å². The lowest BCUT2D eigenvalue weighted by Crippen LogP contribution is -2.40. The molecule has 8 heteroatoms. The van der Waals surface area contributed by atoms with Crippen LogP contribution in [0.3, 0.4) is 0 Å². The molecule has 1 amide bonds. The summed E-state index contributed by atoms with van der Waals surface area (Å²) in [5, 5.41) is 11.8. The highest BCUT2D eigenvalue weighted by atomic mass is 16.6. The van der Waals surface area contributed by atoms with E-state index in [1.807, 2.05) is 25.7 Å². The summed E-state index contributed by atoms with van der Waals surface area (Å²) in [7, 11) is 0. The average molecular weight is 308 g/mol. The molecule has 0 saturated carbocycles. The molecule has 120 valence electrons. The number of carboxylic acid groups (broad SMARTS) is 1. The van der Waals surface area contributed by atoms with Gasteiger partial charge in [0.2, 0.25) is 0 Å². The van der Waals surface area contributed by atoms with Crippen LogP contribution in [0.1, 0.15) is 37.7 Å². The molecule has 8 nitrogen and oxygen atoms in total. The van der Waals surface area contributed by atoms with Crippen molar-refractivity contribution in [1.29, 1.82) is 0 Å². The summed E-state index contributed by atoms with van der Waals surface area (Å²) in [6.07, 6.45) is 1.52. The topological polar surface area (TPSA) is 105 Å². The van der Waals surface area contributed by atoms with Gasteiger partial charge in [-0.25, -0.2) is 19.6 Å². The van der Waals surface area contributed by atoms with E-state index in [1.165, 1.54) is 12.4 Å². The van der Waals surface area contributed by atoms with Crippen LogP contribution < -0.4 is 10.2 Å². The van der Waals surface area contributed by atoms with Crippen molar-refractivity contribution in [1.82, 2.24) is 15.3 Å². The summed E-state index contributed by atoms with van der Waals surface area (Å²) in [6.45, 7) is 6.65. The Balaban J connectivity index is 1.94. The van der Waals surface area contributed by atoms with E-state index in [2.05, 4.69) is 15.3 Å². The quantitative estimate of drug-likeness (QED) is 0.866. The summed E-state index contributed by atoms with van der Waals surface area (Å²) in [5.41, 5.74) is -0.584. The van der Waals surface area contributed by atoms with Gasteiger partial charge in [0.15, 0.2) is 5.69 Å². The fraction of sp³-hybridized carbons (Fsp3) is 0.571. The number of nitrogens with one attached hydrogen (secondary N) is 1. The van der Waals surface area contributed by atoms with Gasteiger partial charge in [0.25, 0.3) is 0 Å². The van der Waals surface area contributed by atoms with Gasteiger partial charge in [-0.2, -0.15) is 0 Å². The number of anilines is 1. The molecular formula is C14H20N4O4. The van der Waals surface area contributed by atoms with E-state index in [9.17, 15) is 9.59 Å². The molecule has 0 radical (unpaired) electrons. The number of rotatable bonds is 3. The van der Waals surface area contributed by atoms with E-state index in [0.29, 0.717) is 18.9 Å². The van der Waals surface area contributed by atoms with E-state index < -0.39 is 17.7 Å². The van der Waals surface area contributed by atoms with Crippen molar-refractivity contribution in [2.24, 2.45) is 0 Å². The highest BCUT2D eigenvalue weighted by Gasteiger charge is 2.27. The predicted molar refractivity (Wildman–Crippen MR) is 79.0 cm³/mol. The molecule has 0 aliphatic carbocycles. The Morgan fingerprint density at radius 1 is 1.41 bits per heavy atom. The zero-order valence-electron chi connectivity index (χ0n) is 12.9. The van der Waals surface area contributed by atoms with Crippen LogP contribution >= 0.6 is 0 Å². The molecule has 1 atom stereocenters. The zero-order chi connectivity index (χ0) is 16.3. The van der Waals surface area contributed by atoms with E-state index in [1.54, 1.807) is 0 Å². The first kappa shape index (κ1) is 16.0. The third-order valence-electron chi connectivity index (χ3n) is 3.10. The number of amides is 1. The largest absolute Gasteiger partial charge is 0.477 e. The number of carbonyl (C=O) groups excluding carboxylic acids is 1. The third kappa shape index (κ3) is 4.31. The van der Waals surface area contributed by atoms with Crippen molar-refractivity contribution in [2.75, 3.05) is 18.0 Å². The highest BCUT2D eigenvalue weighted by molar-refractivity contribution is 5.86. The minimum atomic E-state index is -1.09. The summed E-state index contributed by atoms with van der Waals surface area (Å²) in [4.78, 5) is 32.4. The minimum absolute atomic E-state index is 0.0476. The maximum absolute atomic E-state index is 11.7. The lowest BCUT2D eigenvalue weighted by atomic mass is 10.2. The van der Waals surface area contributed by atoms with Crippen LogP contribution in [0.15, 0.2) is 12.4 Å². The lowest BCUT2D eigenvalue weighted by molar-refractivity contribution is 0.0508. The first-order chi connectivity index (χ1) is 10.2. The summed E-state index contributed by atoms with van der Waals surface area (Å²) >= 11 is 0. The smallest absolute Gasteiger partial charge is 0.407 e. The average Bonchev–Trinajstić information content (AvgIpc) is 2.85. The Morgan fingerprint density at radius 3 is 2.77 bits per heavy atom. The van der Waals surface area contributed by atoms with Crippen molar-refractivity contribution in [3.63, 3.8) is 0 Å². The molecule has 2 N–H and O–H groups in total. The Bertz CT molecular complexity index is 570. The zero-order valence-corrected chi connectivity index (χ0v) is 12.9. The molecule has 1 aliphatic heterocycles. The van der Waals surface area contributed by atoms with Gasteiger partial charge < -0.3 is 20.1 Å². The summed E-state index contributed by atoms with van der Waals surface area (Å²) in [6, 6.07) is 1.37. The van der Waals surface area contributed by atoms with E-state index >= 15 is 0 Å². The van der Waals surface area contributed by atoms with Gasteiger partial charge in [-0.3, -0.25) is 0 Å². The van der Waals surface area contributed by atoms with Crippen LogP contribution in [0.4, 0.5) is 10.6 Å². The van der Waals surface area contributed by atoms with Crippen LogP contribution in [0.25, 0.3) is 0 Å². The minimum Gasteiger partial charge on any atom is -0.477 e. The second kappa shape index (κ2) is 6.17. The van der Waals surface area contributed by atoms with Gasteiger partial charge in [0.1, 0.15) is 17.7 Å². The number of nitrogens with zero attached hydrogens (tertiary/aromatic N) is 3. The van der Waals surface area contributed by atoms with Crippen molar-refractivity contribution in [3.05, 3.63) is 18.1 Å². The Hall–Kier alpha value is -2.38. The number of aromatic carboxylic acids is 1. The Labute approximate surface area is 128 Å². The summed E-state index contributed by atoms with van der Waals surface area (Å²) in [5.74, 6) is -0.549. The molecule has 1 aromatic heterocycles. The molecular weight excluding hydrogens is 288 g/mol. The van der Waals surface area contributed by atoms with Crippen LogP contribution in [-0.4, -0.2) is 51.9 Å². The maximum atomic E-state index is 11.7. The monoisotopic (exact) mass is 308 g/mol. The summed E-state index contributed by atoms with van der Waals surface area (Å²) < 4.78 is 5.22. The van der Waals surface area contributed by atoms with E-state index in [4.69, 9.17) is 9.84 Å². The number of hydrogen-bond donors (Lipinski definition) is 2. The third-order valence-corrected chi connectivity index (χ3v) is 3.10. The first-order valence-corrected chi connectivity index (χ1v) is 7.04. The normalized spacial score (nSPS) is 18.1. The predicted octanol–water partition coefficient (Wildman–Crippen LogP) is 1.28. The molecule has 0 bridgehead atoms. The number of alkyl carbamates (subject to hydrolysis) is 1. The molecule has 1 fully saturated rings. The van der Waals surface area contributed by atoms with Gasteiger partial charge in [0.05, 0.1) is 6.04 Å². The fourth-order valence-corrected chi connectivity index (χ4v) is 2.20. The highest BCUT2D eigenvalue weighted by Crippen LogP contribution is 2.18. The molecule has 0 spiro atoms. The molecule has 2 heterocycles. The van der Waals surface area contributed by atoms with Gasteiger partial charge in [-0.05, 0) is 27.2 Å². The van der Waals surface area contributed by atoms with Gasteiger partial charge in [-0.15, -0.1) is 0 Å². The number of carbonyl (C=O) groups is 2. The van der Waals surface area contributed by atoms with Crippen LogP contribution in [0, 0.1) is 0 Å².